The van der Waals surface area contributed by atoms with Gasteiger partial charge in [0.25, 0.3) is 0 Å². The predicted molar refractivity (Wildman–Crippen MR) is 76.9 cm³/mol. The molecule has 0 heterocycles. The maximum absolute atomic E-state index is 13.4. The van der Waals surface area contributed by atoms with Gasteiger partial charge in [0.2, 0.25) is 0 Å². The number of carbonyl (C=O) groups is 1. The fourth-order valence-corrected chi connectivity index (χ4v) is 2.90. The van der Waals surface area contributed by atoms with Crippen molar-refractivity contribution in [3.63, 3.8) is 0 Å². The zero-order chi connectivity index (χ0) is 15.3. The third kappa shape index (κ3) is 2.90. The molecular formula is C16H23F2NO. The van der Waals surface area contributed by atoms with Gasteiger partial charge in [-0.15, -0.1) is 0 Å². The van der Waals surface area contributed by atoms with E-state index in [1.54, 1.807) is 0 Å². The molecule has 0 aromatic heterocycles. The Kier molecular flexibility index (Phi) is 5.81. The van der Waals surface area contributed by atoms with Crippen molar-refractivity contribution in [1.82, 2.24) is 4.90 Å². The third-order valence-electron chi connectivity index (χ3n) is 4.14. The van der Waals surface area contributed by atoms with E-state index in [-0.39, 0.29) is 11.3 Å². The number of hydrogen-bond acceptors (Lipinski definition) is 2. The van der Waals surface area contributed by atoms with E-state index < -0.39 is 17.2 Å². The number of hydrogen-bond donors (Lipinski definition) is 0. The van der Waals surface area contributed by atoms with Gasteiger partial charge in [-0.3, -0.25) is 9.69 Å². The van der Waals surface area contributed by atoms with Crippen LogP contribution in [0.4, 0.5) is 8.78 Å². The molecule has 4 heteroatoms. The molecule has 112 valence electrons. The first-order chi connectivity index (χ1) is 9.46. The van der Waals surface area contributed by atoms with Crippen molar-refractivity contribution in [2.75, 3.05) is 13.1 Å². The second kappa shape index (κ2) is 6.93. The summed E-state index contributed by atoms with van der Waals surface area (Å²) in [4.78, 5) is 14.9. The summed E-state index contributed by atoms with van der Waals surface area (Å²) in [5.41, 5.74) is -0.409. The van der Waals surface area contributed by atoms with Crippen molar-refractivity contribution in [2.24, 2.45) is 0 Å². The second-order valence-corrected chi connectivity index (χ2v) is 4.87. The number of ketones is 1. The first-order valence-electron chi connectivity index (χ1n) is 7.21. The summed E-state index contributed by atoms with van der Waals surface area (Å²) in [7, 11) is 0. The van der Waals surface area contributed by atoms with Crippen LogP contribution >= 0.6 is 0 Å². The van der Waals surface area contributed by atoms with Gasteiger partial charge < -0.3 is 0 Å². The molecule has 1 aromatic carbocycles. The van der Waals surface area contributed by atoms with Crippen LogP contribution in [-0.4, -0.2) is 29.3 Å². The average molecular weight is 283 g/mol. The van der Waals surface area contributed by atoms with Gasteiger partial charge in [-0.25, -0.2) is 8.78 Å². The van der Waals surface area contributed by atoms with Crippen molar-refractivity contribution < 1.29 is 13.6 Å². The highest BCUT2D eigenvalue weighted by Crippen LogP contribution is 2.29. The minimum atomic E-state index is -0.975. The van der Waals surface area contributed by atoms with E-state index in [0.717, 1.165) is 25.2 Å². The number of nitrogens with zero attached hydrogens (tertiary/aromatic N) is 1. The van der Waals surface area contributed by atoms with Crippen LogP contribution in [0, 0.1) is 11.6 Å². The smallest absolute Gasteiger partial charge is 0.183 e. The number of likely N-dealkylation sites (N-methyl/N-ethyl adjacent to an activating group) is 1. The molecule has 0 spiro atoms. The van der Waals surface area contributed by atoms with Gasteiger partial charge in [0.1, 0.15) is 0 Å². The van der Waals surface area contributed by atoms with Crippen molar-refractivity contribution in [2.45, 2.75) is 46.1 Å². The molecule has 2 nitrogen and oxygen atoms in total. The molecule has 0 atom stereocenters. The lowest BCUT2D eigenvalue weighted by Crippen LogP contribution is -2.53. The van der Waals surface area contributed by atoms with Crippen LogP contribution in [0.1, 0.15) is 50.9 Å². The van der Waals surface area contributed by atoms with Crippen LogP contribution in [0.3, 0.4) is 0 Å². The predicted octanol–water partition coefficient (Wildman–Crippen LogP) is 4.05. The second-order valence-electron chi connectivity index (χ2n) is 4.87. The fourth-order valence-electron chi connectivity index (χ4n) is 2.90. The summed E-state index contributed by atoms with van der Waals surface area (Å²) in [6.07, 6.45) is 1.28. The van der Waals surface area contributed by atoms with Crippen molar-refractivity contribution in [1.29, 1.82) is 0 Å². The Labute approximate surface area is 119 Å². The topological polar surface area (TPSA) is 20.3 Å². The lowest BCUT2D eigenvalue weighted by Gasteiger charge is -2.41. The monoisotopic (exact) mass is 283 g/mol. The van der Waals surface area contributed by atoms with Gasteiger partial charge in [-0.2, -0.15) is 0 Å². The van der Waals surface area contributed by atoms with Crippen LogP contribution < -0.4 is 0 Å². The standard InChI is InChI=1S/C16H23F2NO/c1-5-16(6-2,19(7-3)8-4)15(20)12-9-10-13(17)14(18)11-12/h9-11H,5-8H2,1-4H3. The summed E-state index contributed by atoms with van der Waals surface area (Å²) >= 11 is 0. The van der Waals surface area contributed by atoms with Crippen LogP contribution in [0.15, 0.2) is 18.2 Å². The van der Waals surface area contributed by atoms with Crippen molar-refractivity contribution >= 4 is 5.78 Å². The molecule has 20 heavy (non-hydrogen) atoms. The number of rotatable bonds is 7. The van der Waals surface area contributed by atoms with Crippen LogP contribution in [0.25, 0.3) is 0 Å². The van der Waals surface area contributed by atoms with Gasteiger partial charge in [0.05, 0.1) is 5.54 Å². The van der Waals surface area contributed by atoms with Crippen molar-refractivity contribution in [3.8, 4) is 0 Å². The van der Waals surface area contributed by atoms with E-state index in [2.05, 4.69) is 4.90 Å². The summed E-state index contributed by atoms with van der Waals surface area (Å²) in [6, 6.07) is 3.38. The van der Waals surface area contributed by atoms with Gasteiger partial charge in [-0.05, 0) is 44.1 Å². The highest BCUT2D eigenvalue weighted by Gasteiger charge is 2.39. The zero-order valence-corrected chi connectivity index (χ0v) is 12.7. The maximum Gasteiger partial charge on any atom is 0.183 e. The molecule has 0 saturated carbocycles. The summed E-state index contributed by atoms with van der Waals surface area (Å²) in [5.74, 6) is -2.04. The lowest BCUT2D eigenvalue weighted by atomic mass is 9.82. The van der Waals surface area contributed by atoms with Gasteiger partial charge in [0.15, 0.2) is 17.4 Å². The molecule has 0 radical (unpaired) electrons. The largest absolute Gasteiger partial charge is 0.292 e. The SMILES string of the molecule is CCN(CC)C(CC)(CC)C(=O)c1ccc(F)c(F)c1. The van der Waals surface area contributed by atoms with Gasteiger partial charge >= 0.3 is 0 Å². The summed E-state index contributed by atoms with van der Waals surface area (Å²) in [5, 5.41) is 0. The van der Waals surface area contributed by atoms with E-state index in [9.17, 15) is 13.6 Å². The molecule has 0 aliphatic carbocycles. The Balaban J connectivity index is 3.26. The molecule has 0 bridgehead atoms. The Morgan fingerprint density at radius 3 is 2.00 bits per heavy atom. The number of carbonyl (C=O) groups excluding carboxylic acids is 1. The molecule has 0 amide bonds. The van der Waals surface area contributed by atoms with E-state index >= 15 is 0 Å². The third-order valence-corrected chi connectivity index (χ3v) is 4.14. The van der Waals surface area contributed by atoms with E-state index in [4.69, 9.17) is 0 Å². The molecule has 0 N–H and O–H groups in total. The molecular weight excluding hydrogens is 260 g/mol. The lowest BCUT2D eigenvalue weighted by molar-refractivity contribution is 0.0534. The molecule has 1 rings (SSSR count). The zero-order valence-electron chi connectivity index (χ0n) is 12.7. The summed E-state index contributed by atoms with van der Waals surface area (Å²) < 4.78 is 26.4. The Hall–Kier alpha value is -1.29. The molecule has 0 aliphatic heterocycles. The molecule has 0 fully saturated rings. The van der Waals surface area contributed by atoms with E-state index in [0.29, 0.717) is 12.8 Å². The number of halogens is 2. The van der Waals surface area contributed by atoms with Crippen LogP contribution in [-0.2, 0) is 0 Å². The van der Waals surface area contributed by atoms with E-state index in [1.165, 1.54) is 6.07 Å². The van der Waals surface area contributed by atoms with Crippen LogP contribution in [0.2, 0.25) is 0 Å². The number of benzene rings is 1. The minimum Gasteiger partial charge on any atom is -0.292 e. The first kappa shape index (κ1) is 16.8. The van der Waals surface area contributed by atoms with E-state index in [1.807, 2.05) is 27.7 Å². The fraction of sp³-hybridized carbons (Fsp3) is 0.562. The molecule has 0 unspecified atom stereocenters. The Morgan fingerprint density at radius 1 is 1.05 bits per heavy atom. The minimum absolute atomic E-state index is 0.134. The van der Waals surface area contributed by atoms with Gasteiger partial charge in [0, 0.05) is 5.56 Å². The quantitative estimate of drug-likeness (QED) is 0.704. The first-order valence-corrected chi connectivity index (χ1v) is 7.21. The molecule has 0 saturated heterocycles. The number of Topliss-reactive ketones (excluding diaryl/α,β-unsaturated/α-hetero) is 1. The van der Waals surface area contributed by atoms with Crippen LogP contribution in [0.5, 0.6) is 0 Å². The Bertz CT molecular complexity index is 466. The maximum atomic E-state index is 13.4. The normalized spacial score (nSPS) is 11.9. The molecule has 0 aliphatic rings. The highest BCUT2D eigenvalue weighted by molar-refractivity contribution is 6.03. The summed E-state index contributed by atoms with van der Waals surface area (Å²) in [6.45, 7) is 9.41. The van der Waals surface area contributed by atoms with Crippen molar-refractivity contribution in [3.05, 3.63) is 35.4 Å². The highest BCUT2D eigenvalue weighted by atomic mass is 19.2. The van der Waals surface area contributed by atoms with Gasteiger partial charge in [-0.1, -0.05) is 27.7 Å². The average Bonchev–Trinajstić information content (AvgIpc) is 2.47. The Morgan fingerprint density at radius 2 is 1.60 bits per heavy atom. The molecule has 1 aromatic rings.